The van der Waals surface area contributed by atoms with Crippen molar-refractivity contribution in [3.05, 3.63) is 29.8 Å². The van der Waals surface area contributed by atoms with E-state index in [1.165, 1.54) is 4.90 Å². The monoisotopic (exact) mass is 448 g/mol. The van der Waals surface area contributed by atoms with Crippen molar-refractivity contribution in [2.75, 3.05) is 30.4 Å². The number of sulfone groups is 1. The van der Waals surface area contributed by atoms with Gasteiger partial charge in [-0.15, -0.1) is 0 Å². The van der Waals surface area contributed by atoms with Gasteiger partial charge in [0.15, 0.2) is 9.84 Å². The lowest BCUT2D eigenvalue weighted by Gasteiger charge is -2.40. The molecular weight excluding hydrogens is 420 g/mol. The molecule has 9 nitrogen and oxygen atoms in total. The predicted molar refractivity (Wildman–Crippen MR) is 115 cm³/mol. The third-order valence-electron chi connectivity index (χ3n) is 6.69. The number of rotatable bonds is 3. The highest BCUT2D eigenvalue weighted by atomic mass is 32.2. The zero-order chi connectivity index (χ0) is 22.4. The second-order valence-corrected chi connectivity index (χ2v) is 11.0. The van der Waals surface area contributed by atoms with Crippen molar-refractivity contribution in [3.63, 3.8) is 0 Å². The predicted octanol–water partition coefficient (Wildman–Crippen LogP) is 0.585. The maximum atomic E-state index is 13.0. The molecule has 10 heteroatoms. The molecule has 4 rings (SSSR count). The molecule has 0 bridgehead atoms. The summed E-state index contributed by atoms with van der Waals surface area (Å²) in [6.07, 6.45) is 1.48. The van der Waals surface area contributed by atoms with E-state index in [9.17, 15) is 22.8 Å². The van der Waals surface area contributed by atoms with Crippen molar-refractivity contribution in [2.24, 2.45) is 0 Å². The van der Waals surface area contributed by atoms with Crippen molar-refractivity contribution in [2.45, 2.75) is 50.4 Å². The molecule has 3 atom stereocenters. The molecule has 0 aliphatic carbocycles. The van der Waals surface area contributed by atoms with E-state index in [1.54, 1.807) is 31.0 Å². The minimum atomic E-state index is -3.11. The van der Waals surface area contributed by atoms with Gasteiger partial charge in [-0.1, -0.05) is 12.1 Å². The molecule has 0 unspecified atom stereocenters. The third kappa shape index (κ3) is 4.13. The van der Waals surface area contributed by atoms with Gasteiger partial charge in [-0.25, -0.2) is 8.42 Å². The van der Waals surface area contributed by atoms with Gasteiger partial charge in [-0.05, 0) is 31.9 Å². The fourth-order valence-electron chi connectivity index (χ4n) is 4.74. The van der Waals surface area contributed by atoms with E-state index in [4.69, 9.17) is 0 Å². The maximum absolute atomic E-state index is 13.0. The first-order valence-corrected chi connectivity index (χ1v) is 12.4. The number of carbonyl (C=O) groups is 3. The number of para-hydroxylation sites is 1. The lowest BCUT2D eigenvalue weighted by molar-refractivity contribution is -0.145. The number of benzene rings is 1. The highest BCUT2D eigenvalue weighted by Crippen LogP contribution is 2.32. The fourth-order valence-corrected chi connectivity index (χ4v) is 6.51. The summed E-state index contributed by atoms with van der Waals surface area (Å²) in [5.41, 5.74) is 0.556. The van der Waals surface area contributed by atoms with Gasteiger partial charge in [-0.3, -0.25) is 14.4 Å². The van der Waals surface area contributed by atoms with Crippen LogP contribution < -0.4 is 10.6 Å². The number of carbonyl (C=O) groups excluding carboxylic acids is 3. The van der Waals surface area contributed by atoms with Crippen LogP contribution in [-0.4, -0.2) is 78.8 Å². The number of hydrogen-bond donors (Lipinski definition) is 2. The van der Waals surface area contributed by atoms with E-state index >= 15 is 0 Å². The average molecular weight is 449 g/mol. The van der Waals surface area contributed by atoms with Crippen molar-refractivity contribution < 1.29 is 22.8 Å². The number of fused-ring (bicyclic) bond motifs is 1. The highest BCUT2D eigenvalue weighted by Gasteiger charge is 2.43. The molecule has 3 aliphatic heterocycles. The first kappa shape index (κ1) is 21.6. The van der Waals surface area contributed by atoms with Crippen LogP contribution in [0.1, 0.15) is 43.0 Å². The second-order valence-electron chi connectivity index (χ2n) is 8.73. The highest BCUT2D eigenvalue weighted by molar-refractivity contribution is 7.91. The molecule has 3 heterocycles. The van der Waals surface area contributed by atoms with Crippen LogP contribution in [0.2, 0.25) is 0 Å². The molecular formula is C21H28N4O5S. The molecule has 3 amide bonds. The van der Waals surface area contributed by atoms with Gasteiger partial charge in [0.1, 0.15) is 11.7 Å². The summed E-state index contributed by atoms with van der Waals surface area (Å²) < 4.78 is 23.6. The lowest BCUT2D eigenvalue weighted by Crippen LogP contribution is -2.58. The Hall–Kier alpha value is -2.62. The molecule has 0 aromatic heterocycles. The average Bonchev–Trinajstić information content (AvgIpc) is 3.03. The molecule has 168 valence electrons. The van der Waals surface area contributed by atoms with Crippen LogP contribution in [-0.2, 0) is 19.4 Å². The summed E-state index contributed by atoms with van der Waals surface area (Å²) >= 11 is 0. The zero-order valence-electron chi connectivity index (χ0n) is 17.8. The Morgan fingerprint density at radius 3 is 2.68 bits per heavy atom. The Balaban J connectivity index is 1.47. The number of hydrogen-bond acceptors (Lipinski definition) is 6. The van der Waals surface area contributed by atoms with Crippen molar-refractivity contribution in [1.29, 1.82) is 0 Å². The van der Waals surface area contributed by atoms with Gasteiger partial charge in [0, 0.05) is 38.2 Å². The number of nitrogens with zero attached hydrogens (tertiary/aromatic N) is 2. The fraction of sp³-hybridized carbons (Fsp3) is 0.571. The number of likely N-dealkylation sites (tertiary alicyclic amines) is 1. The summed E-state index contributed by atoms with van der Waals surface area (Å²) in [5, 5.41) is 6.42. The van der Waals surface area contributed by atoms with Crippen LogP contribution in [0.4, 0.5) is 5.69 Å². The van der Waals surface area contributed by atoms with Gasteiger partial charge in [-0.2, -0.15) is 0 Å². The van der Waals surface area contributed by atoms with E-state index in [0.717, 1.165) is 5.69 Å². The minimum absolute atomic E-state index is 0.0334. The van der Waals surface area contributed by atoms with E-state index in [-0.39, 0.29) is 41.7 Å². The van der Waals surface area contributed by atoms with E-state index in [2.05, 4.69) is 10.6 Å². The van der Waals surface area contributed by atoms with Crippen molar-refractivity contribution in [1.82, 2.24) is 15.1 Å². The van der Waals surface area contributed by atoms with E-state index in [1.807, 2.05) is 12.1 Å². The second kappa shape index (κ2) is 7.81. The first-order chi connectivity index (χ1) is 14.6. The Kier molecular flexibility index (Phi) is 5.45. The normalized spacial score (nSPS) is 28.3. The first-order valence-electron chi connectivity index (χ1n) is 10.6. The Morgan fingerprint density at radius 2 is 1.97 bits per heavy atom. The number of amides is 3. The zero-order valence-corrected chi connectivity index (χ0v) is 18.6. The van der Waals surface area contributed by atoms with Gasteiger partial charge in [0.2, 0.25) is 11.8 Å². The topological polar surface area (TPSA) is 116 Å². The molecule has 1 aromatic carbocycles. The number of anilines is 1. The van der Waals surface area contributed by atoms with E-state index < -0.39 is 21.5 Å². The standard InChI is InChI=1S/C21H28N4O5S/c1-14(20(28)24(2)15-8-12-31(29,30)13-15)25-11-10-21(9-7-18(25)26)22-17-6-4-3-5-16(17)19(27)23-21/h3-6,14-15,22H,7-13H2,1-2H3,(H,23,27)/t14-,15+,21+/m1/s1. The molecule has 1 aromatic rings. The van der Waals surface area contributed by atoms with Crippen LogP contribution >= 0.6 is 0 Å². The Labute approximate surface area is 182 Å². The Morgan fingerprint density at radius 1 is 1.23 bits per heavy atom. The summed E-state index contributed by atoms with van der Waals surface area (Å²) in [6.45, 7) is 1.98. The number of nitrogens with one attached hydrogen (secondary N) is 2. The van der Waals surface area contributed by atoms with Gasteiger partial charge < -0.3 is 20.4 Å². The molecule has 1 spiro atoms. The largest absolute Gasteiger partial charge is 0.362 e. The van der Waals surface area contributed by atoms with Crippen molar-refractivity contribution in [3.8, 4) is 0 Å². The van der Waals surface area contributed by atoms with Crippen LogP contribution in [0, 0.1) is 0 Å². The summed E-state index contributed by atoms with van der Waals surface area (Å²) in [5.74, 6) is -0.546. The third-order valence-corrected chi connectivity index (χ3v) is 8.44. The molecule has 2 fully saturated rings. The molecule has 2 N–H and O–H groups in total. The number of likely N-dealkylation sites (N-methyl/N-ethyl adjacent to an activating group) is 1. The maximum Gasteiger partial charge on any atom is 0.255 e. The lowest BCUT2D eigenvalue weighted by atomic mass is 9.95. The van der Waals surface area contributed by atoms with Gasteiger partial charge in [0.05, 0.1) is 17.1 Å². The SMILES string of the molecule is C[C@H](C(=O)N(C)[C@H]1CCS(=O)(=O)C1)N1CC[C@]2(CCC1=O)NC(=O)c1ccccc1N2. The van der Waals surface area contributed by atoms with Crippen LogP contribution in [0.15, 0.2) is 24.3 Å². The molecule has 2 saturated heterocycles. The Bertz CT molecular complexity index is 1030. The molecule has 0 radical (unpaired) electrons. The van der Waals surface area contributed by atoms with Crippen molar-refractivity contribution >= 4 is 33.2 Å². The summed E-state index contributed by atoms with van der Waals surface area (Å²) in [4.78, 5) is 41.5. The van der Waals surface area contributed by atoms with Crippen LogP contribution in [0.25, 0.3) is 0 Å². The minimum Gasteiger partial charge on any atom is -0.362 e. The van der Waals surface area contributed by atoms with Crippen LogP contribution in [0.5, 0.6) is 0 Å². The van der Waals surface area contributed by atoms with E-state index in [0.29, 0.717) is 31.4 Å². The quantitative estimate of drug-likeness (QED) is 0.699. The molecule has 0 saturated carbocycles. The van der Waals surface area contributed by atoms with Gasteiger partial charge >= 0.3 is 0 Å². The smallest absolute Gasteiger partial charge is 0.255 e. The molecule has 31 heavy (non-hydrogen) atoms. The van der Waals surface area contributed by atoms with Crippen LogP contribution in [0.3, 0.4) is 0 Å². The van der Waals surface area contributed by atoms with Gasteiger partial charge in [0.25, 0.3) is 5.91 Å². The molecule has 3 aliphatic rings. The summed E-state index contributed by atoms with van der Waals surface area (Å²) in [7, 11) is -1.51. The summed E-state index contributed by atoms with van der Waals surface area (Å²) in [6, 6.07) is 6.18.